The van der Waals surface area contributed by atoms with Crippen LogP contribution in [0.25, 0.3) is 10.9 Å². The van der Waals surface area contributed by atoms with Crippen LogP contribution < -0.4 is 0 Å². The first-order valence-corrected chi connectivity index (χ1v) is 6.82. The smallest absolute Gasteiger partial charge is 0.106 e. The van der Waals surface area contributed by atoms with E-state index in [-0.39, 0.29) is 0 Å². The summed E-state index contributed by atoms with van der Waals surface area (Å²) in [6.45, 7) is 1.94. The first-order valence-electron chi connectivity index (χ1n) is 6.44. The van der Waals surface area contributed by atoms with Crippen LogP contribution in [-0.2, 0) is 0 Å². The number of hydrogen-bond donors (Lipinski definition) is 1. The van der Waals surface area contributed by atoms with Crippen molar-refractivity contribution in [3.05, 3.63) is 76.4 Å². The van der Waals surface area contributed by atoms with Crippen LogP contribution in [0.5, 0.6) is 0 Å². The van der Waals surface area contributed by atoms with Gasteiger partial charge in [-0.25, -0.2) is 0 Å². The molecule has 0 aliphatic carbocycles. The summed E-state index contributed by atoms with van der Waals surface area (Å²) in [6.07, 6.45) is 1.03. The molecule has 0 saturated heterocycles. The van der Waals surface area contributed by atoms with Crippen molar-refractivity contribution < 1.29 is 5.11 Å². The lowest BCUT2D eigenvalue weighted by Gasteiger charge is -2.14. The molecule has 0 bridgehead atoms. The van der Waals surface area contributed by atoms with Gasteiger partial charge >= 0.3 is 0 Å². The standard InChI is InChI=1S/C17H14ClNO/c1-11-8-14(18)6-7-15(11)17(20)13-9-12-4-2-3-5-16(12)19-10-13/h2-10,17,20H,1H3. The van der Waals surface area contributed by atoms with Crippen LogP contribution >= 0.6 is 11.6 Å². The number of aromatic nitrogens is 1. The molecule has 3 aromatic rings. The zero-order valence-corrected chi connectivity index (χ0v) is 11.8. The number of nitrogens with zero attached hydrogens (tertiary/aromatic N) is 1. The van der Waals surface area contributed by atoms with Gasteiger partial charge in [0.15, 0.2) is 0 Å². The Bertz CT molecular complexity index is 770. The average molecular weight is 284 g/mol. The summed E-state index contributed by atoms with van der Waals surface area (Å²) in [7, 11) is 0. The molecule has 0 radical (unpaired) electrons. The van der Waals surface area contributed by atoms with E-state index in [0.29, 0.717) is 5.02 Å². The summed E-state index contributed by atoms with van der Waals surface area (Å²) in [5, 5.41) is 12.2. The van der Waals surface area contributed by atoms with E-state index < -0.39 is 6.10 Å². The molecule has 20 heavy (non-hydrogen) atoms. The molecular formula is C17H14ClNO. The molecule has 0 saturated carbocycles. The van der Waals surface area contributed by atoms with E-state index in [1.165, 1.54) is 0 Å². The number of aliphatic hydroxyl groups is 1. The monoisotopic (exact) mass is 283 g/mol. The van der Waals surface area contributed by atoms with E-state index >= 15 is 0 Å². The van der Waals surface area contributed by atoms with Crippen molar-refractivity contribution in [1.82, 2.24) is 4.98 Å². The number of fused-ring (bicyclic) bond motifs is 1. The van der Waals surface area contributed by atoms with Crippen molar-refractivity contribution >= 4 is 22.5 Å². The maximum absolute atomic E-state index is 10.5. The molecule has 0 spiro atoms. The Morgan fingerprint density at radius 3 is 2.70 bits per heavy atom. The molecule has 3 rings (SSSR count). The predicted molar refractivity (Wildman–Crippen MR) is 82.0 cm³/mol. The second-order valence-electron chi connectivity index (χ2n) is 4.86. The number of halogens is 1. The van der Waals surface area contributed by atoms with E-state index in [0.717, 1.165) is 27.6 Å². The van der Waals surface area contributed by atoms with Crippen LogP contribution in [0.4, 0.5) is 0 Å². The highest BCUT2D eigenvalue weighted by molar-refractivity contribution is 6.30. The van der Waals surface area contributed by atoms with E-state index in [9.17, 15) is 5.11 Å². The third-order valence-corrected chi connectivity index (χ3v) is 3.69. The molecule has 3 heteroatoms. The number of hydrogen-bond acceptors (Lipinski definition) is 2. The second kappa shape index (κ2) is 5.23. The van der Waals surface area contributed by atoms with Crippen LogP contribution in [0, 0.1) is 6.92 Å². The van der Waals surface area contributed by atoms with Crippen molar-refractivity contribution in [3.63, 3.8) is 0 Å². The minimum Gasteiger partial charge on any atom is -0.384 e. The lowest BCUT2D eigenvalue weighted by Crippen LogP contribution is -2.02. The second-order valence-corrected chi connectivity index (χ2v) is 5.30. The fourth-order valence-corrected chi connectivity index (χ4v) is 2.59. The molecule has 100 valence electrons. The average Bonchev–Trinajstić information content (AvgIpc) is 2.46. The molecule has 0 aliphatic heterocycles. The molecule has 2 nitrogen and oxygen atoms in total. The Morgan fingerprint density at radius 2 is 1.90 bits per heavy atom. The summed E-state index contributed by atoms with van der Waals surface area (Å²) < 4.78 is 0. The molecular weight excluding hydrogens is 270 g/mol. The van der Waals surface area contributed by atoms with Crippen LogP contribution in [0.15, 0.2) is 54.7 Å². The molecule has 2 aromatic carbocycles. The molecule has 1 atom stereocenters. The first-order chi connectivity index (χ1) is 9.65. The van der Waals surface area contributed by atoms with E-state index in [1.807, 2.05) is 49.4 Å². The fourth-order valence-electron chi connectivity index (χ4n) is 2.36. The Labute approximate surface area is 122 Å². The predicted octanol–water partition coefficient (Wildman–Crippen LogP) is 4.28. The first kappa shape index (κ1) is 13.1. The zero-order chi connectivity index (χ0) is 14.1. The van der Waals surface area contributed by atoms with Gasteiger partial charge in [-0.15, -0.1) is 0 Å². The molecule has 0 aliphatic rings. The van der Waals surface area contributed by atoms with Crippen molar-refractivity contribution in [2.24, 2.45) is 0 Å². The van der Waals surface area contributed by atoms with Crippen LogP contribution in [0.3, 0.4) is 0 Å². The van der Waals surface area contributed by atoms with Crippen molar-refractivity contribution in [1.29, 1.82) is 0 Å². The fraction of sp³-hybridized carbons (Fsp3) is 0.118. The molecule has 1 unspecified atom stereocenters. The van der Waals surface area contributed by atoms with Gasteiger partial charge in [0.1, 0.15) is 6.10 Å². The Kier molecular flexibility index (Phi) is 3.43. The summed E-state index contributed by atoms with van der Waals surface area (Å²) in [5.41, 5.74) is 3.54. The van der Waals surface area contributed by atoms with E-state index in [4.69, 9.17) is 11.6 Å². The maximum atomic E-state index is 10.5. The van der Waals surface area contributed by atoms with Gasteiger partial charge in [-0.2, -0.15) is 0 Å². The van der Waals surface area contributed by atoms with Gasteiger partial charge in [-0.3, -0.25) is 4.98 Å². The van der Waals surface area contributed by atoms with E-state index in [1.54, 1.807) is 12.3 Å². The third kappa shape index (κ3) is 2.40. The Hall–Kier alpha value is -1.90. The number of aryl methyl sites for hydroxylation is 1. The number of pyridine rings is 1. The van der Waals surface area contributed by atoms with Gasteiger partial charge in [0.05, 0.1) is 5.52 Å². The normalized spacial score (nSPS) is 12.6. The van der Waals surface area contributed by atoms with Crippen LogP contribution in [0.2, 0.25) is 5.02 Å². The summed E-state index contributed by atoms with van der Waals surface area (Å²) in [5.74, 6) is 0. The number of rotatable bonds is 2. The third-order valence-electron chi connectivity index (χ3n) is 3.45. The largest absolute Gasteiger partial charge is 0.384 e. The van der Waals surface area contributed by atoms with Crippen LogP contribution in [-0.4, -0.2) is 10.1 Å². The highest BCUT2D eigenvalue weighted by atomic mass is 35.5. The molecule has 0 amide bonds. The van der Waals surface area contributed by atoms with Gasteiger partial charge in [0.25, 0.3) is 0 Å². The van der Waals surface area contributed by atoms with Gasteiger partial charge in [0, 0.05) is 22.2 Å². The SMILES string of the molecule is Cc1cc(Cl)ccc1C(O)c1cnc2ccccc2c1. The van der Waals surface area contributed by atoms with E-state index in [2.05, 4.69) is 4.98 Å². The van der Waals surface area contributed by atoms with Gasteiger partial charge in [0.2, 0.25) is 0 Å². The number of aliphatic hydroxyl groups excluding tert-OH is 1. The summed E-state index contributed by atoms with van der Waals surface area (Å²) in [6, 6.07) is 15.4. The highest BCUT2D eigenvalue weighted by Crippen LogP contribution is 2.27. The quantitative estimate of drug-likeness (QED) is 0.761. The Morgan fingerprint density at radius 1 is 1.10 bits per heavy atom. The van der Waals surface area contributed by atoms with Gasteiger partial charge < -0.3 is 5.11 Å². The summed E-state index contributed by atoms with van der Waals surface area (Å²) >= 11 is 5.95. The lowest BCUT2D eigenvalue weighted by molar-refractivity contribution is 0.219. The minimum absolute atomic E-state index is 0.676. The Balaban J connectivity index is 2.05. The molecule has 1 aromatic heterocycles. The summed E-state index contributed by atoms with van der Waals surface area (Å²) in [4.78, 5) is 4.39. The van der Waals surface area contributed by atoms with Gasteiger partial charge in [-0.05, 0) is 42.3 Å². The molecule has 1 N–H and O–H groups in total. The van der Waals surface area contributed by atoms with Crippen LogP contribution in [0.1, 0.15) is 22.8 Å². The molecule has 1 heterocycles. The van der Waals surface area contributed by atoms with Crippen molar-refractivity contribution in [3.8, 4) is 0 Å². The maximum Gasteiger partial charge on any atom is 0.106 e. The minimum atomic E-state index is -0.690. The number of benzene rings is 2. The highest BCUT2D eigenvalue weighted by Gasteiger charge is 2.14. The lowest BCUT2D eigenvalue weighted by atomic mass is 9.98. The zero-order valence-electron chi connectivity index (χ0n) is 11.0. The molecule has 0 fully saturated rings. The van der Waals surface area contributed by atoms with Crippen molar-refractivity contribution in [2.75, 3.05) is 0 Å². The number of para-hydroxylation sites is 1. The van der Waals surface area contributed by atoms with Gasteiger partial charge in [-0.1, -0.05) is 35.9 Å². The van der Waals surface area contributed by atoms with Crippen molar-refractivity contribution in [2.45, 2.75) is 13.0 Å². The topological polar surface area (TPSA) is 33.1 Å².